The van der Waals surface area contributed by atoms with Gasteiger partial charge in [-0.2, -0.15) is 0 Å². The summed E-state index contributed by atoms with van der Waals surface area (Å²) in [6.45, 7) is 2.12. The lowest BCUT2D eigenvalue weighted by atomic mass is 10.3. The third kappa shape index (κ3) is 3.18. The van der Waals surface area contributed by atoms with Crippen LogP contribution in [-0.2, 0) is 9.47 Å². The Kier molecular flexibility index (Phi) is 3.53. The van der Waals surface area contributed by atoms with E-state index in [2.05, 4.69) is 5.32 Å². The summed E-state index contributed by atoms with van der Waals surface area (Å²) in [7, 11) is 0. The molecule has 1 aromatic carbocycles. The average Bonchev–Trinajstić information content (AvgIpc) is 2.74. The lowest BCUT2D eigenvalue weighted by Crippen LogP contribution is -2.14. The Hall–Kier alpha value is -1.13. The highest BCUT2D eigenvalue weighted by Crippen LogP contribution is 2.11. The summed E-state index contributed by atoms with van der Waals surface area (Å²) in [5.41, 5.74) is 0.911. The molecule has 3 nitrogen and oxygen atoms in total. The van der Waals surface area contributed by atoms with Crippen molar-refractivity contribution < 1.29 is 13.9 Å². The van der Waals surface area contributed by atoms with E-state index in [0.717, 1.165) is 18.7 Å². The largest absolute Gasteiger partial charge is 0.385 e. The lowest BCUT2D eigenvalue weighted by molar-refractivity contribution is -0.0439. The van der Waals surface area contributed by atoms with Gasteiger partial charge in [0.25, 0.3) is 0 Å². The molecule has 15 heavy (non-hydrogen) atoms. The summed E-state index contributed by atoms with van der Waals surface area (Å²) in [6.07, 6.45) is 0.718. The summed E-state index contributed by atoms with van der Waals surface area (Å²) in [5.74, 6) is -0.219. The molecule has 1 aromatic rings. The standard InChI is InChI=1S/C11H14FNO2/c12-9-1-3-10(4-2-9)13-6-5-11-14-7-8-15-11/h1-4,11,13H,5-8H2. The highest BCUT2D eigenvalue weighted by Gasteiger charge is 2.14. The van der Waals surface area contributed by atoms with Gasteiger partial charge in [-0.1, -0.05) is 0 Å². The van der Waals surface area contributed by atoms with Crippen LogP contribution in [0.25, 0.3) is 0 Å². The van der Waals surface area contributed by atoms with E-state index in [9.17, 15) is 4.39 Å². The van der Waals surface area contributed by atoms with Crippen molar-refractivity contribution in [2.45, 2.75) is 12.7 Å². The van der Waals surface area contributed by atoms with Gasteiger partial charge < -0.3 is 14.8 Å². The molecule has 1 aliphatic heterocycles. The first kappa shape index (κ1) is 10.4. The Morgan fingerprint density at radius 3 is 2.53 bits per heavy atom. The molecule has 0 aromatic heterocycles. The van der Waals surface area contributed by atoms with Gasteiger partial charge >= 0.3 is 0 Å². The molecule has 0 saturated carbocycles. The van der Waals surface area contributed by atoms with Gasteiger partial charge in [0.2, 0.25) is 0 Å². The normalized spacial score (nSPS) is 16.9. The monoisotopic (exact) mass is 211 g/mol. The fraction of sp³-hybridized carbons (Fsp3) is 0.455. The van der Waals surface area contributed by atoms with Gasteiger partial charge in [0.05, 0.1) is 13.2 Å². The maximum atomic E-state index is 12.6. The Morgan fingerprint density at radius 1 is 1.20 bits per heavy atom. The summed E-state index contributed by atoms with van der Waals surface area (Å²) in [5, 5.41) is 3.17. The number of hydrogen-bond donors (Lipinski definition) is 1. The molecule has 1 N–H and O–H groups in total. The first-order chi connectivity index (χ1) is 7.34. The molecular formula is C11H14FNO2. The number of nitrogens with one attached hydrogen (secondary N) is 1. The van der Waals surface area contributed by atoms with Gasteiger partial charge in [-0.05, 0) is 24.3 Å². The van der Waals surface area contributed by atoms with Gasteiger partial charge in [0, 0.05) is 18.7 Å². The van der Waals surface area contributed by atoms with Crippen molar-refractivity contribution in [3.8, 4) is 0 Å². The van der Waals surface area contributed by atoms with E-state index in [1.54, 1.807) is 12.1 Å². The van der Waals surface area contributed by atoms with Crippen LogP contribution in [0.2, 0.25) is 0 Å². The summed E-state index contributed by atoms with van der Waals surface area (Å²) in [6, 6.07) is 6.30. The SMILES string of the molecule is Fc1ccc(NCCC2OCCO2)cc1. The number of ether oxygens (including phenoxy) is 2. The smallest absolute Gasteiger partial charge is 0.159 e. The molecule has 1 heterocycles. The Labute approximate surface area is 88.2 Å². The zero-order valence-electron chi connectivity index (χ0n) is 8.41. The molecule has 2 rings (SSSR count). The molecular weight excluding hydrogens is 197 g/mol. The molecule has 1 aliphatic rings. The molecule has 0 amide bonds. The van der Waals surface area contributed by atoms with Gasteiger partial charge in [0.15, 0.2) is 6.29 Å². The lowest BCUT2D eigenvalue weighted by Gasteiger charge is -2.10. The van der Waals surface area contributed by atoms with Crippen LogP contribution in [0.4, 0.5) is 10.1 Å². The van der Waals surface area contributed by atoms with E-state index in [1.807, 2.05) is 0 Å². The summed E-state index contributed by atoms with van der Waals surface area (Å²) >= 11 is 0. The molecule has 1 fully saturated rings. The van der Waals surface area contributed by atoms with Crippen molar-refractivity contribution in [1.82, 2.24) is 0 Å². The van der Waals surface area contributed by atoms with E-state index >= 15 is 0 Å². The number of benzene rings is 1. The van der Waals surface area contributed by atoms with E-state index in [0.29, 0.717) is 13.2 Å². The van der Waals surface area contributed by atoms with Crippen LogP contribution in [0.3, 0.4) is 0 Å². The second kappa shape index (κ2) is 5.09. The maximum Gasteiger partial charge on any atom is 0.159 e. The highest BCUT2D eigenvalue weighted by atomic mass is 19.1. The molecule has 0 radical (unpaired) electrons. The van der Waals surface area contributed by atoms with Crippen LogP contribution in [-0.4, -0.2) is 26.0 Å². The Bertz CT molecular complexity index is 296. The summed E-state index contributed by atoms with van der Waals surface area (Å²) < 4.78 is 23.2. The van der Waals surface area contributed by atoms with Crippen molar-refractivity contribution in [3.05, 3.63) is 30.1 Å². The number of rotatable bonds is 4. The van der Waals surface area contributed by atoms with Crippen LogP contribution < -0.4 is 5.32 Å². The van der Waals surface area contributed by atoms with Crippen LogP contribution in [0, 0.1) is 5.82 Å². The highest BCUT2D eigenvalue weighted by molar-refractivity contribution is 5.42. The fourth-order valence-electron chi connectivity index (χ4n) is 1.48. The van der Waals surface area contributed by atoms with E-state index in [4.69, 9.17) is 9.47 Å². The van der Waals surface area contributed by atoms with Crippen LogP contribution >= 0.6 is 0 Å². The van der Waals surface area contributed by atoms with E-state index in [1.165, 1.54) is 12.1 Å². The van der Waals surface area contributed by atoms with Gasteiger partial charge in [-0.25, -0.2) is 4.39 Å². The predicted octanol–water partition coefficient (Wildman–Crippen LogP) is 2.00. The second-order valence-corrected chi connectivity index (χ2v) is 3.39. The molecule has 0 spiro atoms. The number of anilines is 1. The predicted molar refractivity (Wildman–Crippen MR) is 55.2 cm³/mol. The molecule has 4 heteroatoms. The fourth-order valence-corrected chi connectivity index (χ4v) is 1.48. The second-order valence-electron chi connectivity index (χ2n) is 3.39. The number of halogens is 1. The first-order valence-corrected chi connectivity index (χ1v) is 5.07. The molecule has 1 saturated heterocycles. The Balaban J connectivity index is 1.71. The van der Waals surface area contributed by atoms with Crippen molar-refractivity contribution in [2.75, 3.05) is 25.1 Å². The van der Waals surface area contributed by atoms with Crippen LogP contribution in [0.15, 0.2) is 24.3 Å². The van der Waals surface area contributed by atoms with Gasteiger partial charge in [-0.15, -0.1) is 0 Å². The zero-order valence-corrected chi connectivity index (χ0v) is 8.41. The minimum Gasteiger partial charge on any atom is -0.385 e. The maximum absolute atomic E-state index is 12.6. The minimum atomic E-state index is -0.219. The third-order valence-electron chi connectivity index (χ3n) is 2.24. The third-order valence-corrected chi connectivity index (χ3v) is 2.24. The van der Waals surface area contributed by atoms with Crippen LogP contribution in [0.1, 0.15) is 6.42 Å². The quantitative estimate of drug-likeness (QED) is 0.826. The molecule has 82 valence electrons. The molecule has 0 bridgehead atoms. The van der Waals surface area contributed by atoms with Crippen molar-refractivity contribution in [2.24, 2.45) is 0 Å². The zero-order chi connectivity index (χ0) is 10.5. The summed E-state index contributed by atoms with van der Waals surface area (Å²) in [4.78, 5) is 0. The average molecular weight is 211 g/mol. The first-order valence-electron chi connectivity index (χ1n) is 5.07. The van der Waals surface area contributed by atoms with Crippen molar-refractivity contribution >= 4 is 5.69 Å². The minimum absolute atomic E-state index is 0.0852. The van der Waals surface area contributed by atoms with Gasteiger partial charge in [0.1, 0.15) is 5.82 Å². The van der Waals surface area contributed by atoms with Crippen molar-refractivity contribution in [1.29, 1.82) is 0 Å². The Morgan fingerprint density at radius 2 is 1.87 bits per heavy atom. The van der Waals surface area contributed by atoms with Crippen molar-refractivity contribution in [3.63, 3.8) is 0 Å². The van der Waals surface area contributed by atoms with E-state index in [-0.39, 0.29) is 12.1 Å². The number of hydrogen-bond acceptors (Lipinski definition) is 3. The molecule has 0 unspecified atom stereocenters. The van der Waals surface area contributed by atoms with E-state index < -0.39 is 0 Å². The van der Waals surface area contributed by atoms with Crippen LogP contribution in [0.5, 0.6) is 0 Å². The van der Waals surface area contributed by atoms with Gasteiger partial charge in [-0.3, -0.25) is 0 Å². The molecule has 0 atom stereocenters. The molecule has 0 aliphatic carbocycles. The topological polar surface area (TPSA) is 30.5 Å².